The maximum atomic E-state index is 12.4. The van der Waals surface area contributed by atoms with Crippen LogP contribution in [-0.4, -0.2) is 53.9 Å². The van der Waals surface area contributed by atoms with Crippen LogP contribution in [0.25, 0.3) is 6.08 Å². The summed E-state index contributed by atoms with van der Waals surface area (Å²) < 4.78 is 6.99. The lowest BCUT2D eigenvalue weighted by molar-refractivity contribution is -0.125. The van der Waals surface area contributed by atoms with Crippen LogP contribution >= 0.6 is 11.6 Å². The zero-order chi connectivity index (χ0) is 19.4. The van der Waals surface area contributed by atoms with Gasteiger partial charge in [0.2, 0.25) is 5.91 Å². The zero-order valence-corrected chi connectivity index (χ0v) is 16.7. The molecule has 0 radical (unpaired) electrons. The summed E-state index contributed by atoms with van der Waals surface area (Å²) in [5, 5.41) is 4.77. The van der Waals surface area contributed by atoms with Gasteiger partial charge in [-0.3, -0.25) is 9.48 Å². The van der Waals surface area contributed by atoms with E-state index in [1.165, 1.54) is 11.8 Å². The Balaban J connectivity index is 1.60. The number of aromatic nitrogens is 2. The van der Waals surface area contributed by atoms with Crippen molar-refractivity contribution in [1.29, 1.82) is 0 Å². The molecule has 2 heterocycles. The minimum absolute atomic E-state index is 0.0772. The Kier molecular flexibility index (Phi) is 6.19. The fourth-order valence-corrected chi connectivity index (χ4v) is 3.34. The first-order valence-electron chi connectivity index (χ1n) is 8.99. The van der Waals surface area contributed by atoms with Crippen molar-refractivity contribution in [2.24, 2.45) is 7.05 Å². The molecule has 27 heavy (non-hydrogen) atoms. The van der Waals surface area contributed by atoms with E-state index >= 15 is 0 Å². The lowest BCUT2D eigenvalue weighted by atomic mass is 10.1. The second-order valence-electron chi connectivity index (χ2n) is 6.71. The van der Waals surface area contributed by atoms with Crippen LogP contribution in [0.2, 0.25) is 5.15 Å². The SMILES string of the molecule is Cc1nn(C)c(Cl)c1/C=C/C(=O)N(C)Cc1ccc(N2CCOCC2)cc1. The molecule has 1 aromatic carbocycles. The van der Waals surface area contributed by atoms with Gasteiger partial charge in [0, 0.05) is 51.1 Å². The van der Waals surface area contributed by atoms with Crippen molar-refractivity contribution in [2.75, 3.05) is 38.3 Å². The number of hydrogen-bond acceptors (Lipinski definition) is 4. The molecule has 1 aliphatic rings. The van der Waals surface area contributed by atoms with Gasteiger partial charge >= 0.3 is 0 Å². The van der Waals surface area contributed by atoms with Gasteiger partial charge in [0.05, 0.1) is 18.9 Å². The number of halogens is 1. The van der Waals surface area contributed by atoms with E-state index in [9.17, 15) is 4.79 Å². The third-order valence-corrected chi connectivity index (χ3v) is 5.15. The Morgan fingerprint density at radius 2 is 1.96 bits per heavy atom. The number of anilines is 1. The van der Waals surface area contributed by atoms with Crippen molar-refractivity contribution < 1.29 is 9.53 Å². The van der Waals surface area contributed by atoms with E-state index in [1.54, 1.807) is 29.8 Å². The Morgan fingerprint density at radius 3 is 2.56 bits per heavy atom. The number of amides is 1. The molecule has 0 atom stereocenters. The Bertz CT molecular complexity index is 823. The Labute approximate surface area is 165 Å². The van der Waals surface area contributed by atoms with E-state index in [0.29, 0.717) is 11.7 Å². The molecule has 1 amide bonds. The maximum absolute atomic E-state index is 12.4. The molecule has 0 unspecified atom stereocenters. The summed E-state index contributed by atoms with van der Waals surface area (Å²) >= 11 is 6.20. The molecule has 0 spiro atoms. The molecule has 1 saturated heterocycles. The van der Waals surface area contributed by atoms with Crippen molar-refractivity contribution >= 4 is 29.3 Å². The largest absolute Gasteiger partial charge is 0.378 e. The number of ether oxygens (including phenoxy) is 1. The molecule has 0 N–H and O–H groups in total. The van der Waals surface area contributed by atoms with Crippen molar-refractivity contribution in [3.63, 3.8) is 0 Å². The van der Waals surface area contributed by atoms with Crippen LogP contribution in [0.3, 0.4) is 0 Å². The molecule has 1 aromatic heterocycles. The van der Waals surface area contributed by atoms with Gasteiger partial charge in [-0.15, -0.1) is 0 Å². The first-order chi connectivity index (χ1) is 13.0. The van der Waals surface area contributed by atoms with Gasteiger partial charge in [-0.05, 0) is 30.7 Å². The number of aryl methyl sites for hydroxylation is 2. The number of morpholine rings is 1. The molecule has 0 bridgehead atoms. The topological polar surface area (TPSA) is 50.6 Å². The van der Waals surface area contributed by atoms with E-state index in [1.807, 2.05) is 6.92 Å². The van der Waals surface area contributed by atoms with Gasteiger partial charge in [0.15, 0.2) is 0 Å². The van der Waals surface area contributed by atoms with E-state index in [0.717, 1.165) is 43.1 Å². The second kappa shape index (κ2) is 8.59. The van der Waals surface area contributed by atoms with Gasteiger partial charge in [0.25, 0.3) is 0 Å². The van der Waals surface area contributed by atoms with E-state index in [2.05, 4.69) is 34.3 Å². The number of likely N-dealkylation sites (N-methyl/N-ethyl adjacent to an activating group) is 1. The van der Waals surface area contributed by atoms with Gasteiger partial charge < -0.3 is 14.5 Å². The molecule has 7 heteroatoms. The van der Waals surface area contributed by atoms with Crippen LogP contribution in [0.1, 0.15) is 16.8 Å². The molecule has 3 rings (SSSR count). The van der Waals surface area contributed by atoms with Crippen LogP contribution in [-0.2, 0) is 23.1 Å². The average Bonchev–Trinajstić information content (AvgIpc) is 2.92. The highest BCUT2D eigenvalue weighted by Crippen LogP contribution is 2.20. The smallest absolute Gasteiger partial charge is 0.246 e. The molecule has 1 aliphatic heterocycles. The van der Waals surface area contributed by atoms with Crippen molar-refractivity contribution in [2.45, 2.75) is 13.5 Å². The predicted octanol–water partition coefficient (Wildman–Crippen LogP) is 2.89. The van der Waals surface area contributed by atoms with Gasteiger partial charge in [-0.25, -0.2) is 0 Å². The maximum Gasteiger partial charge on any atom is 0.246 e. The van der Waals surface area contributed by atoms with Gasteiger partial charge in [0.1, 0.15) is 5.15 Å². The first-order valence-corrected chi connectivity index (χ1v) is 9.37. The number of nitrogens with zero attached hydrogens (tertiary/aromatic N) is 4. The average molecular weight is 389 g/mol. The minimum Gasteiger partial charge on any atom is -0.378 e. The highest BCUT2D eigenvalue weighted by Gasteiger charge is 2.12. The fourth-order valence-electron chi connectivity index (χ4n) is 3.10. The molecule has 2 aromatic rings. The summed E-state index contributed by atoms with van der Waals surface area (Å²) in [5.74, 6) is -0.0772. The van der Waals surface area contributed by atoms with Crippen LogP contribution in [0.15, 0.2) is 30.3 Å². The summed E-state index contributed by atoms with van der Waals surface area (Å²) in [4.78, 5) is 16.4. The van der Waals surface area contributed by atoms with Gasteiger partial charge in [-0.2, -0.15) is 5.10 Å². The second-order valence-corrected chi connectivity index (χ2v) is 7.07. The van der Waals surface area contributed by atoms with Crippen LogP contribution in [0.5, 0.6) is 0 Å². The van der Waals surface area contributed by atoms with Crippen LogP contribution < -0.4 is 4.90 Å². The predicted molar refractivity (Wildman–Crippen MR) is 108 cm³/mol. The molecule has 6 nitrogen and oxygen atoms in total. The third kappa shape index (κ3) is 4.70. The van der Waals surface area contributed by atoms with E-state index in [4.69, 9.17) is 16.3 Å². The number of benzene rings is 1. The number of carbonyl (C=O) groups excluding carboxylic acids is 1. The van der Waals surface area contributed by atoms with Crippen LogP contribution in [0.4, 0.5) is 5.69 Å². The normalized spacial score (nSPS) is 14.7. The summed E-state index contributed by atoms with van der Waals surface area (Å²) in [6, 6.07) is 8.35. The summed E-state index contributed by atoms with van der Waals surface area (Å²) in [6.07, 6.45) is 3.27. The first kappa shape index (κ1) is 19.5. The summed E-state index contributed by atoms with van der Waals surface area (Å²) in [6.45, 7) is 5.79. The van der Waals surface area contributed by atoms with Gasteiger partial charge in [-0.1, -0.05) is 23.7 Å². The minimum atomic E-state index is -0.0772. The fraction of sp³-hybridized carbons (Fsp3) is 0.400. The quantitative estimate of drug-likeness (QED) is 0.739. The Hall–Kier alpha value is -2.31. The molecule has 0 aliphatic carbocycles. The van der Waals surface area contributed by atoms with E-state index < -0.39 is 0 Å². The van der Waals surface area contributed by atoms with Crippen molar-refractivity contribution in [3.8, 4) is 0 Å². The summed E-state index contributed by atoms with van der Waals surface area (Å²) in [7, 11) is 3.57. The molecule has 1 fully saturated rings. The molecule has 0 saturated carbocycles. The lowest BCUT2D eigenvalue weighted by Crippen LogP contribution is -2.36. The highest BCUT2D eigenvalue weighted by atomic mass is 35.5. The number of hydrogen-bond donors (Lipinski definition) is 0. The van der Waals surface area contributed by atoms with Crippen molar-refractivity contribution in [3.05, 3.63) is 52.3 Å². The van der Waals surface area contributed by atoms with Crippen LogP contribution in [0, 0.1) is 6.92 Å². The number of rotatable bonds is 5. The summed E-state index contributed by atoms with van der Waals surface area (Å²) in [5.41, 5.74) is 3.85. The standard InChI is InChI=1S/C20H25ClN4O2/c1-15-18(20(21)24(3)22-15)8-9-19(26)23(2)14-16-4-6-17(7-5-16)25-10-12-27-13-11-25/h4-9H,10-14H2,1-3H3/b9-8+. The van der Waals surface area contributed by atoms with E-state index in [-0.39, 0.29) is 5.91 Å². The molecule has 144 valence electrons. The van der Waals surface area contributed by atoms with Crippen molar-refractivity contribution in [1.82, 2.24) is 14.7 Å². The Morgan fingerprint density at radius 1 is 1.30 bits per heavy atom. The monoisotopic (exact) mass is 388 g/mol. The number of carbonyl (C=O) groups is 1. The highest BCUT2D eigenvalue weighted by molar-refractivity contribution is 6.31. The molecular formula is C20H25ClN4O2. The third-order valence-electron chi connectivity index (χ3n) is 4.70. The zero-order valence-electron chi connectivity index (χ0n) is 16.0. The lowest BCUT2D eigenvalue weighted by Gasteiger charge is -2.29. The molecular weight excluding hydrogens is 364 g/mol.